The number of rotatable bonds is 0. The maximum Gasteiger partial charge on any atom is 0.0319 e. The Balaban J connectivity index is 0.000000461. The summed E-state index contributed by atoms with van der Waals surface area (Å²) in [5.41, 5.74) is 1.58. The van der Waals surface area contributed by atoms with Crippen molar-refractivity contribution in [2.75, 3.05) is 7.11 Å². The van der Waals surface area contributed by atoms with Crippen molar-refractivity contribution in [3.05, 3.63) is 11.6 Å². The molecule has 0 spiro atoms. The molecule has 0 radical (unpaired) electrons. The molecule has 0 amide bonds. The Labute approximate surface area is 70.1 Å². The summed E-state index contributed by atoms with van der Waals surface area (Å²) in [5, 5.41) is 7.00. The van der Waals surface area contributed by atoms with Crippen molar-refractivity contribution in [3.63, 3.8) is 0 Å². The Bertz CT molecular complexity index is 127. The van der Waals surface area contributed by atoms with Gasteiger partial charge in [-0.15, -0.1) is 0 Å². The van der Waals surface area contributed by atoms with Crippen LogP contribution in [0.3, 0.4) is 0 Å². The minimum absolute atomic E-state index is 0.828. The van der Waals surface area contributed by atoms with E-state index in [4.69, 9.17) is 5.11 Å². The van der Waals surface area contributed by atoms with Crippen molar-refractivity contribution in [2.45, 2.75) is 33.6 Å². The van der Waals surface area contributed by atoms with Crippen LogP contribution in [0.4, 0.5) is 0 Å². The van der Waals surface area contributed by atoms with Crippen LogP contribution in [-0.2, 0) is 0 Å². The highest BCUT2D eigenvalue weighted by atomic mass is 16.2. The highest BCUT2D eigenvalue weighted by Crippen LogP contribution is 2.26. The quantitative estimate of drug-likeness (QED) is 0.534. The van der Waals surface area contributed by atoms with Crippen LogP contribution < -0.4 is 0 Å². The molecule has 0 heterocycles. The minimum Gasteiger partial charge on any atom is -0.400 e. The van der Waals surface area contributed by atoms with Crippen LogP contribution in [-0.4, -0.2) is 12.2 Å². The molecule has 0 bridgehead atoms. The number of aliphatic hydroxyl groups is 1. The van der Waals surface area contributed by atoms with Gasteiger partial charge in [0.2, 0.25) is 0 Å². The fraction of sp³-hybridized carbons (Fsp3) is 0.800. The van der Waals surface area contributed by atoms with Crippen LogP contribution in [0.15, 0.2) is 11.6 Å². The van der Waals surface area contributed by atoms with E-state index in [2.05, 4.69) is 26.8 Å². The van der Waals surface area contributed by atoms with E-state index in [9.17, 15) is 0 Å². The largest absolute Gasteiger partial charge is 0.400 e. The normalized spacial score (nSPS) is 30.1. The van der Waals surface area contributed by atoms with Gasteiger partial charge >= 0.3 is 0 Å². The van der Waals surface area contributed by atoms with E-state index in [0.717, 1.165) is 18.9 Å². The van der Waals surface area contributed by atoms with Gasteiger partial charge in [0.1, 0.15) is 0 Å². The van der Waals surface area contributed by atoms with Crippen molar-refractivity contribution in [2.24, 2.45) is 11.8 Å². The first-order chi connectivity index (χ1) is 5.18. The summed E-state index contributed by atoms with van der Waals surface area (Å²) < 4.78 is 0. The second kappa shape index (κ2) is 5.36. The van der Waals surface area contributed by atoms with Gasteiger partial charge in [-0.2, -0.15) is 0 Å². The smallest absolute Gasteiger partial charge is 0.0319 e. The first kappa shape index (κ1) is 10.7. The standard InChI is InChI=1S/C9H16.CH4O/c1-7-4-8(2)6-9(3)5-7;1-2/h4,7,9H,5-6H2,1-3H3;2H,1H3. The third-order valence-electron chi connectivity index (χ3n) is 2.01. The Morgan fingerprint density at radius 3 is 2.27 bits per heavy atom. The molecule has 0 fully saturated rings. The number of allylic oxidation sites excluding steroid dienone is 2. The van der Waals surface area contributed by atoms with E-state index in [-0.39, 0.29) is 0 Å². The molecule has 1 aliphatic carbocycles. The van der Waals surface area contributed by atoms with Crippen LogP contribution in [0, 0.1) is 11.8 Å². The molecular formula is C10H20O. The Morgan fingerprint density at radius 1 is 1.36 bits per heavy atom. The maximum atomic E-state index is 7.00. The van der Waals surface area contributed by atoms with E-state index in [1.807, 2.05) is 0 Å². The highest BCUT2D eigenvalue weighted by Gasteiger charge is 2.12. The molecule has 0 aromatic carbocycles. The van der Waals surface area contributed by atoms with Gasteiger partial charge in [0, 0.05) is 7.11 Å². The predicted molar refractivity (Wildman–Crippen MR) is 49.5 cm³/mol. The van der Waals surface area contributed by atoms with Crippen molar-refractivity contribution in [1.29, 1.82) is 0 Å². The lowest BCUT2D eigenvalue weighted by Gasteiger charge is -2.21. The molecule has 1 aliphatic rings. The Morgan fingerprint density at radius 2 is 1.91 bits per heavy atom. The van der Waals surface area contributed by atoms with E-state index < -0.39 is 0 Å². The van der Waals surface area contributed by atoms with Crippen LogP contribution in [0.5, 0.6) is 0 Å². The summed E-state index contributed by atoms with van der Waals surface area (Å²) in [5.74, 6) is 1.75. The number of aliphatic hydroxyl groups excluding tert-OH is 1. The molecule has 11 heavy (non-hydrogen) atoms. The number of hydrogen-bond donors (Lipinski definition) is 1. The second-order valence-electron chi connectivity index (χ2n) is 3.54. The molecular weight excluding hydrogens is 136 g/mol. The molecule has 66 valence electrons. The first-order valence-electron chi connectivity index (χ1n) is 4.30. The van der Waals surface area contributed by atoms with E-state index >= 15 is 0 Å². The van der Waals surface area contributed by atoms with Gasteiger partial charge in [0.25, 0.3) is 0 Å². The van der Waals surface area contributed by atoms with Gasteiger partial charge < -0.3 is 5.11 Å². The Kier molecular flexibility index (Phi) is 5.22. The molecule has 0 aliphatic heterocycles. The third-order valence-corrected chi connectivity index (χ3v) is 2.01. The highest BCUT2D eigenvalue weighted by molar-refractivity contribution is 5.05. The summed E-state index contributed by atoms with van der Waals surface area (Å²) in [6.07, 6.45) is 5.11. The lowest BCUT2D eigenvalue weighted by molar-refractivity contribution is 0.399. The van der Waals surface area contributed by atoms with Gasteiger partial charge in [-0.25, -0.2) is 0 Å². The van der Waals surface area contributed by atoms with Gasteiger partial charge in [0.15, 0.2) is 0 Å². The van der Waals surface area contributed by atoms with Crippen molar-refractivity contribution < 1.29 is 5.11 Å². The summed E-state index contributed by atoms with van der Waals surface area (Å²) in [4.78, 5) is 0. The molecule has 1 N–H and O–H groups in total. The van der Waals surface area contributed by atoms with Crippen molar-refractivity contribution in [1.82, 2.24) is 0 Å². The Hall–Kier alpha value is -0.300. The monoisotopic (exact) mass is 156 g/mol. The molecule has 0 saturated heterocycles. The summed E-state index contributed by atoms with van der Waals surface area (Å²) in [6.45, 7) is 6.89. The second-order valence-corrected chi connectivity index (χ2v) is 3.54. The van der Waals surface area contributed by atoms with Gasteiger partial charge in [-0.1, -0.05) is 25.5 Å². The van der Waals surface area contributed by atoms with Crippen LogP contribution in [0.25, 0.3) is 0 Å². The van der Waals surface area contributed by atoms with Crippen LogP contribution >= 0.6 is 0 Å². The van der Waals surface area contributed by atoms with Crippen LogP contribution in [0.2, 0.25) is 0 Å². The van der Waals surface area contributed by atoms with E-state index in [1.165, 1.54) is 12.8 Å². The van der Waals surface area contributed by atoms with Gasteiger partial charge in [0.05, 0.1) is 0 Å². The predicted octanol–water partition coefficient (Wildman–Crippen LogP) is 2.61. The fourth-order valence-corrected chi connectivity index (χ4v) is 1.89. The molecule has 1 nitrogen and oxygen atoms in total. The minimum atomic E-state index is 0.828. The summed E-state index contributed by atoms with van der Waals surface area (Å²) in [6, 6.07) is 0. The van der Waals surface area contributed by atoms with Gasteiger partial charge in [-0.3, -0.25) is 0 Å². The molecule has 0 saturated carbocycles. The molecule has 0 aromatic rings. The zero-order valence-corrected chi connectivity index (χ0v) is 8.09. The molecule has 1 heteroatoms. The SMILES string of the molecule is CC1=CC(C)CC(C)C1.CO. The average molecular weight is 156 g/mol. The average Bonchev–Trinajstić information content (AvgIpc) is 1.88. The molecule has 2 atom stereocenters. The maximum absolute atomic E-state index is 7.00. The molecule has 2 unspecified atom stereocenters. The van der Waals surface area contributed by atoms with Crippen molar-refractivity contribution in [3.8, 4) is 0 Å². The lowest BCUT2D eigenvalue weighted by atomic mass is 9.85. The summed E-state index contributed by atoms with van der Waals surface area (Å²) >= 11 is 0. The van der Waals surface area contributed by atoms with E-state index in [1.54, 1.807) is 5.57 Å². The molecule has 1 rings (SSSR count). The zero-order chi connectivity index (χ0) is 8.85. The topological polar surface area (TPSA) is 20.2 Å². The lowest BCUT2D eigenvalue weighted by Crippen LogP contribution is -2.07. The van der Waals surface area contributed by atoms with Gasteiger partial charge in [-0.05, 0) is 31.6 Å². The first-order valence-corrected chi connectivity index (χ1v) is 4.30. The molecule has 0 aromatic heterocycles. The number of hydrogen-bond acceptors (Lipinski definition) is 1. The fourth-order valence-electron chi connectivity index (χ4n) is 1.89. The van der Waals surface area contributed by atoms with E-state index in [0.29, 0.717) is 0 Å². The van der Waals surface area contributed by atoms with Crippen molar-refractivity contribution >= 4 is 0 Å². The zero-order valence-electron chi connectivity index (χ0n) is 8.09. The summed E-state index contributed by atoms with van der Waals surface area (Å²) in [7, 11) is 1.00. The third kappa shape index (κ3) is 4.20. The van der Waals surface area contributed by atoms with Crippen LogP contribution in [0.1, 0.15) is 33.6 Å².